The number of hydrogen-bond donors (Lipinski definition) is 1. The topological polar surface area (TPSA) is 15.3 Å². The molecule has 1 N–H and O–H groups in total. The van der Waals surface area contributed by atoms with Gasteiger partial charge in [-0.1, -0.05) is 18.6 Å². The summed E-state index contributed by atoms with van der Waals surface area (Å²) in [5, 5.41) is 3.72. The third-order valence-electron chi connectivity index (χ3n) is 4.57. The largest absolute Gasteiger partial charge is 0.381 e. The van der Waals surface area contributed by atoms with E-state index in [0.717, 1.165) is 12.1 Å². The number of nitrogens with one attached hydrogen (secondary N) is 1. The molecule has 2 fully saturated rings. The first-order valence-electron chi connectivity index (χ1n) is 6.97. The molecule has 2 aliphatic heterocycles. The monoisotopic (exact) mass is 308 g/mol. The predicted molar refractivity (Wildman–Crippen MR) is 80.0 cm³/mol. The van der Waals surface area contributed by atoms with Crippen molar-refractivity contribution in [1.29, 1.82) is 0 Å². The van der Waals surface area contributed by atoms with Crippen molar-refractivity contribution in [2.45, 2.75) is 50.2 Å². The average Bonchev–Trinajstić information content (AvgIpc) is 2.33. The van der Waals surface area contributed by atoms with E-state index in [1.54, 1.807) is 0 Å². The van der Waals surface area contributed by atoms with Crippen LogP contribution in [0, 0.1) is 0 Å². The SMILES string of the molecule is CN1C2CCCC1CC(Nc1ccccc1Br)C2. The summed E-state index contributed by atoms with van der Waals surface area (Å²) in [5.41, 5.74) is 1.24. The summed E-state index contributed by atoms with van der Waals surface area (Å²) in [6.07, 6.45) is 6.74. The zero-order valence-electron chi connectivity index (χ0n) is 10.9. The Labute approximate surface area is 118 Å². The second-order valence-corrected chi connectivity index (χ2v) is 6.55. The Kier molecular flexibility index (Phi) is 3.62. The van der Waals surface area contributed by atoms with Crippen LogP contribution < -0.4 is 5.32 Å². The van der Waals surface area contributed by atoms with Gasteiger partial charge in [0.05, 0.1) is 0 Å². The lowest BCUT2D eigenvalue weighted by atomic mass is 9.82. The summed E-state index contributed by atoms with van der Waals surface area (Å²) in [6, 6.07) is 10.7. The molecule has 3 heteroatoms. The van der Waals surface area contributed by atoms with Crippen molar-refractivity contribution in [2.75, 3.05) is 12.4 Å². The maximum Gasteiger partial charge on any atom is 0.0486 e. The second kappa shape index (κ2) is 5.22. The van der Waals surface area contributed by atoms with Crippen LogP contribution >= 0.6 is 15.9 Å². The van der Waals surface area contributed by atoms with Crippen LogP contribution in [0.3, 0.4) is 0 Å². The van der Waals surface area contributed by atoms with E-state index >= 15 is 0 Å². The highest BCUT2D eigenvalue weighted by Gasteiger charge is 2.35. The lowest BCUT2D eigenvalue weighted by Crippen LogP contribution is -2.52. The fraction of sp³-hybridized carbons (Fsp3) is 0.600. The van der Waals surface area contributed by atoms with Crippen molar-refractivity contribution >= 4 is 21.6 Å². The lowest BCUT2D eigenvalue weighted by molar-refractivity contribution is 0.0608. The highest BCUT2D eigenvalue weighted by molar-refractivity contribution is 9.10. The average molecular weight is 309 g/mol. The van der Waals surface area contributed by atoms with Gasteiger partial charge in [0.25, 0.3) is 0 Å². The summed E-state index contributed by atoms with van der Waals surface area (Å²) < 4.78 is 1.18. The Morgan fingerprint density at radius 1 is 1.17 bits per heavy atom. The van der Waals surface area contributed by atoms with Crippen LogP contribution in [0.15, 0.2) is 28.7 Å². The summed E-state index contributed by atoms with van der Waals surface area (Å²) in [7, 11) is 2.31. The zero-order valence-corrected chi connectivity index (χ0v) is 12.5. The van der Waals surface area contributed by atoms with Crippen molar-refractivity contribution in [1.82, 2.24) is 4.90 Å². The lowest BCUT2D eigenvalue weighted by Gasteiger charge is -2.47. The van der Waals surface area contributed by atoms with Crippen LogP contribution in [0.4, 0.5) is 5.69 Å². The van der Waals surface area contributed by atoms with E-state index < -0.39 is 0 Å². The molecule has 0 spiro atoms. The number of halogens is 1. The third-order valence-corrected chi connectivity index (χ3v) is 5.26. The molecule has 2 aliphatic rings. The van der Waals surface area contributed by atoms with Crippen LogP contribution in [0.1, 0.15) is 32.1 Å². The fourth-order valence-electron chi connectivity index (χ4n) is 3.53. The van der Waals surface area contributed by atoms with Crippen molar-refractivity contribution in [2.24, 2.45) is 0 Å². The van der Waals surface area contributed by atoms with Gasteiger partial charge in [0.1, 0.15) is 0 Å². The maximum atomic E-state index is 3.72. The number of rotatable bonds is 2. The minimum absolute atomic E-state index is 0.634. The van der Waals surface area contributed by atoms with E-state index in [0.29, 0.717) is 6.04 Å². The minimum atomic E-state index is 0.634. The Bertz CT molecular complexity index is 407. The molecule has 2 atom stereocenters. The first kappa shape index (κ1) is 12.5. The number of hydrogen-bond acceptors (Lipinski definition) is 2. The fourth-order valence-corrected chi connectivity index (χ4v) is 3.93. The first-order valence-corrected chi connectivity index (χ1v) is 7.76. The van der Waals surface area contributed by atoms with Gasteiger partial charge in [-0.3, -0.25) is 0 Å². The molecule has 2 unspecified atom stereocenters. The Hall–Kier alpha value is -0.540. The standard InChI is InChI=1S/C15H21BrN2/c1-18-12-5-4-6-13(18)10-11(9-12)17-15-8-3-2-7-14(15)16/h2-3,7-8,11-13,17H,4-6,9-10H2,1H3. The third kappa shape index (κ3) is 2.43. The molecular formula is C15H21BrN2. The Morgan fingerprint density at radius 2 is 1.83 bits per heavy atom. The molecule has 2 heterocycles. The van der Waals surface area contributed by atoms with E-state index in [-0.39, 0.29) is 0 Å². The predicted octanol–water partition coefficient (Wildman–Crippen LogP) is 3.88. The molecule has 98 valence electrons. The van der Waals surface area contributed by atoms with Gasteiger partial charge in [-0.25, -0.2) is 0 Å². The van der Waals surface area contributed by atoms with E-state index in [2.05, 4.69) is 57.5 Å². The molecule has 1 aromatic rings. The molecule has 0 aliphatic carbocycles. The first-order chi connectivity index (χ1) is 8.74. The molecule has 2 nitrogen and oxygen atoms in total. The van der Waals surface area contributed by atoms with Crippen molar-refractivity contribution < 1.29 is 0 Å². The normalized spacial score (nSPS) is 32.2. The van der Waals surface area contributed by atoms with Gasteiger partial charge >= 0.3 is 0 Å². The van der Waals surface area contributed by atoms with Crippen LogP contribution in [0.25, 0.3) is 0 Å². The van der Waals surface area contributed by atoms with E-state index in [1.165, 1.54) is 42.3 Å². The number of benzene rings is 1. The van der Waals surface area contributed by atoms with Gasteiger partial charge in [-0.05, 0) is 60.8 Å². The van der Waals surface area contributed by atoms with E-state index in [9.17, 15) is 0 Å². The van der Waals surface area contributed by atoms with Crippen LogP contribution in [-0.2, 0) is 0 Å². The summed E-state index contributed by atoms with van der Waals surface area (Å²) in [6.45, 7) is 0. The summed E-state index contributed by atoms with van der Waals surface area (Å²) in [5.74, 6) is 0. The van der Waals surface area contributed by atoms with E-state index in [1.807, 2.05) is 0 Å². The highest BCUT2D eigenvalue weighted by Crippen LogP contribution is 2.34. The summed E-state index contributed by atoms with van der Waals surface area (Å²) >= 11 is 3.62. The zero-order chi connectivity index (χ0) is 12.5. The second-order valence-electron chi connectivity index (χ2n) is 5.70. The Morgan fingerprint density at radius 3 is 2.50 bits per heavy atom. The van der Waals surface area contributed by atoms with Crippen LogP contribution in [-0.4, -0.2) is 30.1 Å². The molecule has 2 bridgehead atoms. The number of anilines is 1. The van der Waals surface area contributed by atoms with Gasteiger partial charge in [-0.15, -0.1) is 0 Å². The molecule has 0 aromatic heterocycles. The van der Waals surface area contributed by atoms with Gasteiger partial charge in [0.15, 0.2) is 0 Å². The van der Waals surface area contributed by atoms with Crippen LogP contribution in [0.5, 0.6) is 0 Å². The molecular weight excluding hydrogens is 288 g/mol. The van der Waals surface area contributed by atoms with Crippen LogP contribution in [0.2, 0.25) is 0 Å². The molecule has 3 rings (SSSR count). The van der Waals surface area contributed by atoms with Crippen molar-refractivity contribution in [3.05, 3.63) is 28.7 Å². The summed E-state index contributed by atoms with van der Waals surface area (Å²) in [4.78, 5) is 2.61. The molecule has 2 saturated heterocycles. The van der Waals surface area contributed by atoms with Gasteiger partial charge in [0.2, 0.25) is 0 Å². The highest BCUT2D eigenvalue weighted by atomic mass is 79.9. The molecule has 1 aromatic carbocycles. The van der Waals surface area contributed by atoms with Crippen molar-refractivity contribution in [3.8, 4) is 0 Å². The Balaban J connectivity index is 1.70. The van der Waals surface area contributed by atoms with Gasteiger partial charge in [-0.2, -0.15) is 0 Å². The van der Waals surface area contributed by atoms with Gasteiger partial charge in [0, 0.05) is 28.3 Å². The van der Waals surface area contributed by atoms with E-state index in [4.69, 9.17) is 0 Å². The molecule has 18 heavy (non-hydrogen) atoms. The number of para-hydroxylation sites is 1. The van der Waals surface area contributed by atoms with Gasteiger partial charge < -0.3 is 10.2 Å². The number of piperidine rings is 2. The molecule has 0 saturated carbocycles. The minimum Gasteiger partial charge on any atom is -0.381 e. The number of fused-ring (bicyclic) bond motifs is 2. The molecule has 0 amide bonds. The quantitative estimate of drug-likeness (QED) is 0.892. The number of nitrogens with zero attached hydrogens (tertiary/aromatic N) is 1. The smallest absolute Gasteiger partial charge is 0.0486 e. The maximum absolute atomic E-state index is 3.72. The molecule has 0 radical (unpaired) electrons. The van der Waals surface area contributed by atoms with Crippen molar-refractivity contribution in [3.63, 3.8) is 0 Å².